The Morgan fingerprint density at radius 2 is 1.84 bits per heavy atom. The van der Waals surface area contributed by atoms with Crippen LogP contribution in [-0.2, 0) is 11.3 Å². The van der Waals surface area contributed by atoms with Crippen LogP contribution < -0.4 is 15.4 Å². The SMILES string of the molecule is COc1ccc(NC(=O)CSc2nnc(CNC(=O)c3cc(Br)ccc3Cl)n2-c2cccc(C)c2C)cc1. The van der Waals surface area contributed by atoms with Crippen molar-refractivity contribution in [1.29, 1.82) is 0 Å². The molecule has 4 rings (SSSR count). The van der Waals surface area contributed by atoms with Gasteiger partial charge < -0.3 is 15.4 Å². The molecule has 11 heteroatoms. The summed E-state index contributed by atoms with van der Waals surface area (Å²) in [6, 6.07) is 18.1. The fraction of sp³-hybridized carbons (Fsp3) is 0.185. The maximum atomic E-state index is 12.9. The van der Waals surface area contributed by atoms with Crippen LogP contribution in [0.4, 0.5) is 5.69 Å². The summed E-state index contributed by atoms with van der Waals surface area (Å²) >= 11 is 10.9. The van der Waals surface area contributed by atoms with Crippen LogP contribution in [0.2, 0.25) is 5.02 Å². The molecule has 38 heavy (non-hydrogen) atoms. The number of ether oxygens (including phenoxy) is 1. The highest BCUT2D eigenvalue weighted by atomic mass is 79.9. The number of nitrogens with one attached hydrogen (secondary N) is 2. The van der Waals surface area contributed by atoms with E-state index in [4.69, 9.17) is 16.3 Å². The molecular weight excluding hydrogens is 590 g/mol. The minimum Gasteiger partial charge on any atom is -0.497 e. The molecule has 0 bridgehead atoms. The van der Waals surface area contributed by atoms with Crippen LogP contribution in [0.5, 0.6) is 5.75 Å². The number of benzene rings is 3. The van der Waals surface area contributed by atoms with Gasteiger partial charge in [0.25, 0.3) is 5.91 Å². The van der Waals surface area contributed by atoms with Crippen molar-refractivity contribution < 1.29 is 14.3 Å². The molecular formula is C27H25BrClN5O3S. The molecule has 0 saturated carbocycles. The van der Waals surface area contributed by atoms with Crippen LogP contribution >= 0.6 is 39.3 Å². The number of thioether (sulfide) groups is 1. The van der Waals surface area contributed by atoms with Gasteiger partial charge in [-0.05, 0) is 73.5 Å². The molecule has 1 heterocycles. The Bertz CT molecular complexity index is 1480. The fourth-order valence-corrected chi connectivity index (χ4v) is 4.98. The summed E-state index contributed by atoms with van der Waals surface area (Å²) in [5.41, 5.74) is 4.03. The topological polar surface area (TPSA) is 98.1 Å². The molecule has 0 unspecified atom stereocenters. The first kappa shape index (κ1) is 27.7. The number of anilines is 1. The van der Waals surface area contributed by atoms with Crippen molar-refractivity contribution in [3.8, 4) is 11.4 Å². The highest BCUT2D eigenvalue weighted by molar-refractivity contribution is 9.10. The van der Waals surface area contributed by atoms with Gasteiger partial charge >= 0.3 is 0 Å². The van der Waals surface area contributed by atoms with Crippen LogP contribution in [0.1, 0.15) is 27.3 Å². The van der Waals surface area contributed by atoms with Gasteiger partial charge in [-0.2, -0.15) is 0 Å². The van der Waals surface area contributed by atoms with E-state index in [1.165, 1.54) is 11.8 Å². The summed E-state index contributed by atoms with van der Waals surface area (Å²) in [5, 5.41) is 15.3. The molecule has 0 aliphatic heterocycles. The molecule has 196 valence electrons. The first-order chi connectivity index (χ1) is 18.3. The molecule has 0 fully saturated rings. The predicted molar refractivity (Wildman–Crippen MR) is 154 cm³/mol. The Morgan fingerprint density at radius 3 is 2.58 bits per heavy atom. The molecule has 2 N–H and O–H groups in total. The molecule has 3 aromatic carbocycles. The van der Waals surface area contributed by atoms with Gasteiger partial charge in [0.2, 0.25) is 5.91 Å². The number of aryl methyl sites for hydroxylation is 1. The second-order valence-corrected chi connectivity index (χ2v) is 10.6. The van der Waals surface area contributed by atoms with Crippen molar-refractivity contribution in [2.24, 2.45) is 0 Å². The van der Waals surface area contributed by atoms with Gasteiger partial charge in [-0.15, -0.1) is 10.2 Å². The summed E-state index contributed by atoms with van der Waals surface area (Å²) in [5.74, 6) is 0.835. The Morgan fingerprint density at radius 1 is 1.08 bits per heavy atom. The lowest BCUT2D eigenvalue weighted by atomic mass is 10.1. The van der Waals surface area contributed by atoms with Gasteiger partial charge in [-0.1, -0.05) is 51.4 Å². The molecule has 0 saturated heterocycles. The van der Waals surface area contributed by atoms with E-state index in [-0.39, 0.29) is 24.1 Å². The predicted octanol–water partition coefficient (Wildman–Crippen LogP) is 5.97. The number of hydrogen-bond acceptors (Lipinski definition) is 6. The number of carbonyl (C=O) groups excluding carboxylic acids is 2. The summed E-state index contributed by atoms with van der Waals surface area (Å²) in [4.78, 5) is 25.5. The highest BCUT2D eigenvalue weighted by Crippen LogP contribution is 2.27. The molecule has 0 radical (unpaired) electrons. The van der Waals surface area contributed by atoms with Crippen LogP contribution in [0, 0.1) is 13.8 Å². The third-order valence-corrected chi connectivity index (χ3v) is 7.56. The second-order valence-electron chi connectivity index (χ2n) is 8.33. The lowest BCUT2D eigenvalue weighted by molar-refractivity contribution is -0.113. The van der Waals surface area contributed by atoms with E-state index in [0.29, 0.717) is 33.0 Å². The monoisotopic (exact) mass is 613 g/mol. The molecule has 0 aliphatic rings. The maximum absolute atomic E-state index is 12.9. The van der Waals surface area contributed by atoms with Gasteiger partial charge in [-0.3, -0.25) is 14.2 Å². The van der Waals surface area contributed by atoms with Crippen molar-refractivity contribution in [3.63, 3.8) is 0 Å². The van der Waals surface area contributed by atoms with Crippen molar-refractivity contribution in [2.45, 2.75) is 25.5 Å². The first-order valence-corrected chi connectivity index (χ1v) is 13.7. The number of nitrogens with zero attached hydrogens (tertiary/aromatic N) is 3. The number of aromatic nitrogens is 3. The standard InChI is InChI=1S/C27H25BrClN5O3S/c1-16-5-4-6-23(17(16)2)34-24(14-30-26(36)21-13-18(28)7-12-22(21)29)32-33-27(34)38-15-25(35)31-19-8-10-20(37-3)11-9-19/h4-13H,14-15H2,1-3H3,(H,30,36)(H,31,35). The van der Waals surface area contributed by atoms with Crippen molar-refractivity contribution >= 4 is 56.8 Å². The fourth-order valence-electron chi connectivity index (χ4n) is 3.66. The average molecular weight is 615 g/mol. The molecule has 0 aliphatic carbocycles. The van der Waals surface area contributed by atoms with E-state index in [0.717, 1.165) is 21.3 Å². The molecule has 0 atom stereocenters. The number of amides is 2. The van der Waals surface area contributed by atoms with Crippen LogP contribution in [0.3, 0.4) is 0 Å². The molecule has 8 nitrogen and oxygen atoms in total. The zero-order valence-corrected chi connectivity index (χ0v) is 24.1. The quantitative estimate of drug-likeness (QED) is 0.226. The van der Waals surface area contributed by atoms with E-state index >= 15 is 0 Å². The summed E-state index contributed by atoms with van der Waals surface area (Å²) in [6.45, 7) is 4.15. The lowest BCUT2D eigenvalue weighted by Gasteiger charge is -2.15. The molecule has 1 aromatic heterocycles. The maximum Gasteiger partial charge on any atom is 0.253 e. The van der Waals surface area contributed by atoms with Crippen molar-refractivity contribution in [2.75, 3.05) is 18.2 Å². The summed E-state index contributed by atoms with van der Waals surface area (Å²) in [6.07, 6.45) is 0. The smallest absolute Gasteiger partial charge is 0.253 e. The number of carbonyl (C=O) groups is 2. The zero-order chi connectivity index (χ0) is 27.2. The van der Waals surface area contributed by atoms with Gasteiger partial charge in [0.15, 0.2) is 11.0 Å². The number of methoxy groups -OCH3 is 1. The van der Waals surface area contributed by atoms with Gasteiger partial charge in [0.05, 0.1) is 35.7 Å². The number of halogens is 2. The number of rotatable bonds is 9. The van der Waals surface area contributed by atoms with Gasteiger partial charge in [0, 0.05) is 10.2 Å². The summed E-state index contributed by atoms with van der Waals surface area (Å²) in [7, 11) is 1.59. The third-order valence-electron chi connectivity index (χ3n) is 5.80. The van der Waals surface area contributed by atoms with E-state index in [2.05, 4.69) is 36.8 Å². The number of hydrogen-bond donors (Lipinski definition) is 2. The zero-order valence-electron chi connectivity index (χ0n) is 20.9. The molecule has 2 amide bonds. The highest BCUT2D eigenvalue weighted by Gasteiger charge is 2.19. The van der Waals surface area contributed by atoms with E-state index in [1.807, 2.05) is 36.6 Å². The minimum atomic E-state index is -0.333. The van der Waals surface area contributed by atoms with Gasteiger partial charge in [-0.25, -0.2) is 0 Å². The van der Waals surface area contributed by atoms with Crippen LogP contribution in [0.15, 0.2) is 70.3 Å². The third kappa shape index (κ3) is 6.56. The van der Waals surface area contributed by atoms with Gasteiger partial charge in [0.1, 0.15) is 5.75 Å². The summed E-state index contributed by atoms with van der Waals surface area (Å²) < 4.78 is 7.77. The Balaban J connectivity index is 1.54. The van der Waals surface area contributed by atoms with E-state index in [1.54, 1.807) is 49.6 Å². The van der Waals surface area contributed by atoms with Crippen LogP contribution in [0.25, 0.3) is 5.69 Å². The van der Waals surface area contributed by atoms with E-state index < -0.39 is 0 Å². The van der Waals surface area contributed by atoms with Crippen molar-refractivity contribution in [1.82, 2.24) is 20.1 Å². The minimum absolute atomic E-state index is 0.112. The Labute approximate surface area is 238 Å². The van der Waals surface area contributed by atoms with E-state index in [9.17, 15) is 9.59 Å². The van der Waals surface area contributed by atoms with Crippen LogP contribution in [-0.4, -0.2) is 39.4 Å². The Hall–Kier alpha value is -3.34. The Kier molecular flexibility index (Phi) is 9.09. The molecule has 4 aromatic rings. The second kappa shape index (κ2) is 12.5. The normalized spacial score (nSPS) is 10.8. The first-order valence-electron chi connectivity index (χ1n) is 11.6. The van der Waals surface area contributed by atoms with Crippen molar-refractivity contribution in [3.05, 3.63) is 92.7 Å². The molecule has 0 spiro atoms. The largest absolute Gasteiger partial charge is 0.497 e. The lowest BCUT2D eigenvalue weighted by Crippen LogP contribution is -2.25. The average Bonchev–Trinajstić information content (AvgIpc) is 3.32.